The number of rotatable bonds is 0. The van der Waals surface area contributed by atoms with Crippen LogP contribution >= 0.6 is 0 Å². The Morgan fingerprint density at radius 2 is 0.719 bits per heavy atom. The van der Waals surface area contributed by atoms with E-state index in [0.29, 0.717) is 0 Å². The van der Waals surface area contributed by atoms with Crippen molar-refractivity contribution in [3.05, 3.63) is 60.2 Å². The Kier molecular flexibility index (Phi) is 19.3. The van der Waals surface area contributed by atoms with Crippen molar-refractivity contribution in [2.24, 2.45) is 0 Å². The third kappa shape index (κ3) is 27.3. The number of carboxylic acid groups (broad SMARTS) is 6. The van der Waals surface area contributed by atoms with E-state index in [-0.39, 0.29) is 0 Å². The van der Waals surface area contributed by atoms with Gasteiger partial charge in [0.2, 0.25) is 0 Å². The highest BCUT2D eigenvalue weighted by molar-refractivity contribution is 6.28. The summed E-state index contributed by atoms with van der Waals surface area (Å²) in [7, 11) is 0. The van der Waals surface area contributed by atoms with Crippen LogP contribution in [0.2, 0.25) is 0 Å². The van der Waals surface area contributed by atoms with Crippen LogP contribution in [-0.2, 0) is 28.8 Å². The van der Waals surface area contributed by atoms with Gasteiger partial charge in [0.25, 0.3) is 0 Å². The molecule has 2 aromatic heterocycles. The summed E-state index contributed by atoms with van der Waals surface area (Å²) in [6.45, 7) is 3.94. The maximum Gasteiger partial charge on any atom is 0.414 e. The van der Waals surface area contributed by atoms with E-state index in [9.17, 15) is 0 Å². The molecule has 0 aliphatic heterocycles. The van der Waals surface area contributed by atoms with Gasteiger partial charge in [-0.3, -0.25) is 9.97 Å². The molecule has 2 aromatic rings. The quantitative estimate of drug-likeness (QED) is 0.291. The van der Waals surface area contributed by atoms with E-state index in [1.807, 2.05) is 50.2 Å². The molecule has 0 aromatic carbocycles. The van der Waals surface area contributed by atoms with Gasteiger partial charge < -0.3 is 30.6 Å². The third-order valence-electron chi connectivity index (χ3n) is 2.17. The number of hydrogen-bond donors (Lipinski definition) is 6. The van der Waals surface area contributed by atoms with Crippen LogP contribution in [0.1, 0.15) is 11.4 Å². The summed E-state index contributed by atoms with van der Waals surface area (Å²) in [4.78, 5) is 62.6. The molecular weight excluding hydrogens is 436 g/mol. The Bertz CT molecular complexity index is 739. The van der Waals surface area contributed by atoms with Crippen molar-refractivity contribution in [1.29, 1.82) is 0 Å². The zero-order chi connectivity index (χ0) is 25.7. The van der Waals surface area contributed by atoms with Crippen LogP contribution in [0.25, 0.3) is 0 Å². The largest absolute Gasteiger partial charge is 0.473 e. The fourth-order valence-electron chi connectivity index (χ4n) is 0.896. The average Bonchev–Trinajstić information content (AvgIpc) is 2.71. The molecule has 174 valence electrons. The van der Waals surface area contributed by atoms with E-state index in [0.717, 1.165) is 11.4 Å². The van der Waals surface area contributed by atoms with Crippen LogP contribution in [0, 0.1) is 13.8 Å². The zero-order valence-electron chi connectivity index (χ0n) is 16.6. The van der Waals surface area contributed by atoms with Crippen molar-refractivity contribution in [2.45, 2.75) is 13.8 Å². The predicted octanol–water partition coefficient (Wildman–Crippen LogP) is 0.247. The highest BCUT2D eigenvalue weighted by Crippen LogP contribution is 1.86. The van der Waals surface area contributed by atoms with Crippen LogP contribution in [0.5, 0.6) is 0 Å². The van der Waals surface area contributed by atoms with Crippen molar-refractivity contribution < 1.29 is 59.4 Å². The molecule has 14 nitrogen and oxygen atoms in total. The van der Waals surface area contributed by atoms with E-state index in [2.05, 4.69) is 9.97 Å². The number of carboxylic acids is 6. The molecular formula is C18H20N2O12. The summed E-state index contributed by atoms with van der Waals surface area (Å²) in [5.74, 6) is -10.9. The first-order chi connectivity index (χ1) is 14.7. The SMILES string of the molecule is Cc1ccccn1.Cc1ccccn1.O=C(O)C(=O)O.O=C(O)C(=O)O.O=C(O)C(=O)O. The first kappa shape index (κ1) is 31.8. The molecule has 0 unspecified atom stereocenters. The van der Waals surface area contributed by atoms with Gasteiger partial charge in [-0.15, -0.1) is 0 Å². The highest BCUT2D eigenvalue weighted by atomic mass is 16.5. The highest BCUT2D eigenvalue weighted by Gasteiger charge is 2.05. The van der Waals surface area contributed by atoms with Crippen molar-refractivity contribution in [2.75, 3.05) is 0 Å². The first-order valence-corrected chi connectivity index (χ1v) is 7.86. The number of hydrogen-bond acceptors (Lipinski definition) is 8. The number of carbonyl (C=O) groups is 6. The molecule has 0 atom stereocenters. The number of aryl methyl sites for hydroxylation is 2. The lowest BCUT2D eigenvalue weighted by atomic mass is 10.4. The molecule has 0 saturated carbocycles. The lowest BCUT2D eigenvalue weighted by molar-refractivity contribution is -0.159. The average molecular weight is 456 g/mol. The van der Waals surface area contributed by atoms with Crippen LogP contribution in [0.4, 0.5) is 0 Å². The van der Waals surface area contributed by atoms with Crippen LogP contribution in [0.3, 0.4) is 0 Å². The Balaban J connectivity index is -0.000000330. The van der Waals surface area contributed by atoms with Crippen molar-refractivity contribution in [3.63, 3.8) is 0 Å². The fourth-order valence-corrected chi connectivity index (χ4v) is 0.896. The molecule has 0 fully saturated rings. The minimum absolute atomic E-state index is 1.07. The normalized spacial score (nSPS) is 7.94. The van der Waals surface area contributed by atoms with Gasteiger partial charge in [-0.2, -0.15) is 0 Å². The summed E-state index contributed by atoms with van der Waals surface area (Å²) in [6, 6.07) is 11.7. The third-order valence-corrected chi connectivity index (χ3v) is 2.17. The second-order valence-corrected chi connectivity index (χ2v) is 4.77. The van der Waals surface area contributed by atoms with Gasteiger partial charge in [0.1, 0.15) is 0 Å². The summed E-state index contributed by atoms with van der Waals surface area (Å²) < 4.78 is 0. The molecule has 2 heterocycles. The van der Waals surface area contributed by atoms with Crippen LogP contribution < -0.4 is 0 Å². The summed E-state index contributed by atoms with van der Waals surface area (Å²) in [5, 5.41) is 44.3. The molecule has 0 saturated heterocycles. The van der Waals surface area contributed by atoms with E-state index < -0.39 is 35.8 Å². The van der Waals surface area contributed by atoms with E-state index in [4.69, 9.17) is 59.4 Å². The standard InChI is InChI=1S/2C6H7N.3C2H2O4/c2*1-6-4-2-3-5-7-6;3*3-1(4)2(5)6/h2*2-5H,1H3;3*(H,3,4)(H,5,6). The van der Waals surface area contributed by atoms with Gasteiger partial charge in [0.05, 0.1) is 0 Å². The number of aliphatic carboxylic acids is 6. The van der Waals surface area contributed by atoms with E-state index >= 15 is 0 Å². The fraction of sp³-hybridized carbons (Fsp3) is 0.111. The molecule has 6 N–H and O–H groups in total. The summed E-state index contributed by atoms with van der Waals surface area (Å²) in [5.41, 5.74) is 2.14. The van der Waals surface area contributed by atoms with Crippen molar-refractivity contribution in [3.8, 4) is 0 Å². The molecule has 32 heavy (non-hydrogen) atoms. The minimum atomic E-state index is -1.82. The smallest absolute Gasteiger partial charge is 0.414 e. The predicted molar refractivity (Wildman–Crippen MR) is 104 cm³/mol. The van der Waals surface area contributed by atoms with Crippen molar-refractivity contribution in [1.82, 2.24) is 9.97 Å². The molecule has 0 radical (unpaired) electrons. The van der Waals surface area contributed by atoms with Crippen LogP contribution in [0.15, 0.2) is 48.8 Å². The maximum atomic E-state index is 9.10. The Hall–Kier alpha value is -4.88. The van der Waals surface area contributed by atoms with Crippen LogP contribution in [-0.4, -0.2) is 76.4 Å². The molecule has 14 heteroatoms. The Labute approximate surface area is 180 Å². The number of nitrogens with zero attached hydrogens (tertiary/aromatic N) is 2. The zero-order valence-corrected chi connectivity index (χ0v) is 16.6. The van der Waals surface area contributed by atoms with E-state index in [1.165, 1.54) is 0 Å². The van der Waals surface area contributed by atoms with Gasteiger partial charge in [-0.1, -0.05) is 12.1 Å². The topological polar surface area (TPSA) is 250 Å². The maximum absolute atomic E-state index is 9.10. The second kappa shape index (κ2) is 19.4. The van der Waals surface area contributed by atoms with Gasteiger partial charge in [0, 0.05) is 23.8 Å². The lowest BCUT2D eigenvalue weighted by Crippen LogP contribution is -2.09. The molecule has 2 rings (SSSR count). The van der Waals surface area contributed by atoms with E-state index in [1.54, 1.807) is 12.4 Å². The molecule has 0 amide bonds. The summed E-state index contributed by atoms with van der Waals surface area (Å²) in [6.07, 6.45) is 3.57. The van der Waals surface area contributed by atoms with Gasteiger partial charge in [0.15, 0.2) is 0 Å². The molecule has 0 bridgehead atoms. The number of aromatic nitrogens is 2. The second-order valence-electron chi connectivity index (χ2n) is 4.77. The number of pyridine rings is 2. The van der Waals surface area contributed by atoms with Gasteiger partial charge in [-0.05, 0) is 38.1 Å². The Morgan fingerprint density at radius 3 is 0.781 bits per heavy atom. The Morgan fingerprint density at radius 1 is 0.500 bits per heavy atom. The summed E-state index contributed by atoms with van der Waals surface area (Å²) >= 11 is 0. The lowest BCUT2D eigenvalue weighted by Gasteiger charge is -1.82. The molecule has 0 aliphatic rings. The minimum Gasteiger partial charge on any atom is -0.473 e. The monoisotopic (exact) mass is 456 g/mol. The molecule has 0 spiro atoms. The van der Waals surface area contributed by atoms with Gasteiger partial charge >= 0.3 is 35.8 Å². The van der Waals surface area contributed by atoms with Gasteiger partial charge in [-0.25, -0.2) is 28.8 Å². The van der Waals surface area contributed by atoms with Crippen molar-refractivity contribution >= 4 is 35.8 Å². The molecule has 0 aliphatic carbocycles. The first-order valence-electron chi connectivity index (χ1n) is 7.86.